The number of hydrazone groups is 1. The van der Waals surface area contributed by atoms with Gasteiger partial charge in [0.2, 0.25) is 0 Å². The molecule has 0 aliphatic rings. The highest BCUT2D eigenvalue weighted by molar-refractivity contribution is 5.97. The number of nitro groups is 1. The number of nitrogens with one attached hydrogen (secondary N) is 1. The predicted molar refractivity (Wildman–Crippen MR) is 93.9 cm³/mol. The molecule has 0 saturated carbocycles. The smallest absolute Gasteiger partial charge is 0.283 e. The van der Waals surface area contributed by atoms with Gasteiger partial charge in [0.15, 0.2) is 0 Å². The molecule has 0 aliphatic carbocycles. The Labute approximate surface area is 151 Å². The second-order valence-electron chi connectivity index (χ2n) is 5.34. The summed E-state index contributed by atoms with van der Waals surface area (Å²) in [7, 11) is 0. The first-order chi connectivity index (χ1) is 13.0. The lowest BCUT2D eigenvalue weighted by atomic mass is 10.1. The van der Waals surface area contributed by atoms with Gasteiger partial charge < -0.3 is 9.52 Å². The summed E-state index contributed by atoms with van der Waals surface area (Å²) in [4.78, 5) is 22.3. The Hall–Kier alpha value is -4.01. The first-order valence-corrected chi connectivity index (χ1v) is 7.61. The molecule has 0 spiro atoms. The maximum absolute atomic E-state index is 13.2. The number of halogens is 1. The zero-order valence-corrected chi connectivity index (χ0v) is 13.6. The number of hydrogen-bond acceptors (Lipinski definition) is 6. The van der Waals surface area contributed by atoms with E-state index in [1.807, 2.05) is 0 Å². The third kappa shape index (κ3) is 3.98. The molecule has 1 aromatic heterocycles. The van der Waals surface area contributed by atoms with Crippen molar-refractivity contribution >= 4 is 17.8 Å². The van der Waals surface area contributed by atoms with Crippen LogP contribution in [0.5, 0.6) is 5.75 Å². The molecule has 1 heterocycles. The van der Waals surface area contributed by atoms with Crippen molar-refractivity contribution in [1.29, 1.82) is 0 Å². The quantitative estimate of drug-likeness (QED) is 0.406. The number of carbonyl (C=O) groups is 1. The summed E-state index contributed by atoms with van der Waals surface area (Å²) >= 11 is 0. The Morgan fingerprint density at radius 3 is 2.74 bits per heavy atom. The molecule has 0 aliphatic heterocycles. The Morgan fingerprint density at radius 2 is 2.00 bits per heavy atom. The number of nitro benzene ring substituents is 1. The molecule has 1 amide bonds. The minimum absolute atomic E-state index is 0.0525. The fourth-order valence-corrected chi connectivity index (χ4v) is 2.31. The molecule has 0 bridgehead atoms. The van der Waals surface area contributed by atoms with Gasteiger partial charge in [0, 0.05) is 0 Å². The number of aromatic hydroxyl groups is 1. The molecule has 3 aromatic rings. The Bertz CT molecular complexity index is 1040. The first kappa shape index (κ1) is 17.8. The topological polar surface area (TPSA) is 118 Å². The largest absolute Gasteiger partial charge is 0.507 e. The minimum atomic E-state index is -0.731. The van der Waals surface area contributed by atoms with Gasteiger partial charge in [-0.05, 0) is 36.4 Å². The third-order valence-corrected chi connectivity index (χ3v) is 3.56. The van der Waals surface area contributed by atoms with E-state index in [2.05, 4.69) is 10.5 Å². The van der Waals surface area contributed by atoms with Gasteiger partial charge in [0.1, 0.15) is 23.1 Å². The van der Waals surface area contributed by atoms with E-state index in [1.54, 1.807) is 12.1 Å². The molecule has 2 aromatic carbocycles. The van der Waals surface area contributed by atoms with Crippen molar-refractivity contribution in [2.24, 2.45) is 5.10 Å². The fourth-order valence-electron chi connectivity index (χ4n) is 2.31. The minimum Gasteiger partial charge on any atom is -0.507 e. The molecule has 2 N–H and O–H groups in total. The molecule has 0 fully saturated rings. The molecule has 3 rings (SSSR count). The molecular formula is C18H12FN3O5. The van der Waals surface area contributed by atoms with Crippen LogP contribution in [0.2, 0.25) is 0 Å². The number of para-hydroxylation sites is 1. The zero-order valence-electron chi connectivity index (χ0n) is 13.6. The summed E-state index contributed by atoms with van der Waals surface area (Å²) < 4.78 is 18.7. The monoisotopic (exact) mass is 369 g/mol. The van der Waals surface area contributed by atoms with Crippen LogP contribution < -0.4 is 5.43 Å². The van der Waals surface area contributed by atoms with Gasteiger partial charge in [-0.2, -0.15) is 5.10 Å². The molecule has 0 unspecified atom stereocenters. The number of furan rings is 1. The van der Waals surface area contributed by atoms with E-state index in [1.165, 1.54) is 36.5 Å². The van der Waals surface area contributed by atoms with Gasteiger partial charge >= 0.3 is 0 Å². The SMILES string of the molecule is O=C(N/N=C\c1ccc(-c2ccc(F)cc2[N+](=O)[O-])o1)c1ccccc1O. The summed E-state index contributed by atoms with van der Waals surface area (Å²) in [6.45, 7) is 0. The molecule has 27 heavy (non-hydrogen) atoms. The Balaban J connectivity index is 1.75. The van der Waals surface area contributed by atoms with Crippen LogP contribution >= 0.6 is 0 Å². The van der Waals surface area contributed by atoms with E-state index < -0.39 is 22.3 Å². The van der Waals surface area contributed by atoms with E-state index in [4.69, 9.17) is 4.42 Å². The lowest BCUT2D eigenvalue weighted by Crippen LogP contribution is -2.17. The average Bonchev–Trinajstić information content (AvgIpc) is 3.10. The van der Waals surface area contributed by atoms with Crippen LogP contribution in [-0.2, 0) is 0 Å². The van der Waals surface area contributed by atoms with Crippen molar-refractivity contribution in [2.75, 3.05) is 0 Å². The van der Waals surface area contributed by atoms with Crippen molar-refractivity contribution in [3.05, 3.63) is 81.9 Å². The maximum Gasteiger partial charge on any atom is 0.283 e. The van der Waals surface area contributed by atoms with Crippen LogP contribution in [0.4, 0.5) is 10.1 Å². The molecule has 0 radical (unpaired) electrons. The molecule has 8 nitrogen and oxygen atoms in total. The standard InChI is InChI=1S/C18H12FN3O5/c19-11-5-7-13(15(9-11)22(25)26)17-8-6-12(27-17)10-20-21-18(24)14-3-1-2-4-16(14)23/h1-10,23H,(H,21,24)/b20-10-. The Kier molecular flexibility index (Phi) is 4.93. The molecular weight excluding hydrogens is 357 g/mol. The number of hydrogen-bond donors (Lipinski definition) is 2. The highest BCUT2D eigenvalue weighted by Gasteiger charge is 2.19. The van der Waals surface area contributed by atoms with E-state index in [0.717, 1.165) is 12.1 Å². The molecule has 0 saturated heterocycles. The lowest BCUT2D eigenvalue weighted by molar-refractivity contribution is -0.384. The summed E-state index contributed by atoms with van der Waals surface area (Å²) in [5.41, 5.74) is 1.96. The second-order valence-corrected chi connectivity index (χ2v) is 5.34. The summed E-state index contributed by atoms with van der Waals surface area (Å²) in [5, 5.41) is 24.4. The first-order valence-electron chi connectivity index (χ1n) is 7.61. The van der Waals surface area contributed by atoms with Crippen LogP contribution in [0.1, 0.15) is 16.1 Å². The van der Waals surface area contributed by atoms with E-state index in [0.29, 0.717) is 0 Å². The van der Waals surface area contributed by atoms with Gasteiger partial charge in [0.25, 0.3) is 11.6 Å². The van der Waals surface area contributed by atoms with Crippen molar-refractivity contribution in [3.63, 3.8) is 0 Å². The van der Waals surface area contributed by atoms with Crippen molar-refractivity contribution < 1.29 is 23.6 Å². The third-order valence-electron chi connectivity index (χ3n) is 3.56. The number of carbonyl (C=O) groups excluding carboxylic acids is 1. The van der Waals surface area contributed by atoms with Gasteiger partial charge in [0.05, 0.1) is 28.3 Å². The van der Waals surface area contributed by atoms with Crippen LogP contribution in [0.3, 0.4) is 0 Å². The number of nitrogens with zero attached hydrogens (tertiary/aromatic N) is 2. The number of rotatable bonds is 5. The van der Waals surface area contributed by atoms with E-state index in [9.17, 15) is 24.4 Å². The average molecular weight is 369 g/mol. The fraction of sp³-hybridized carbons (Fsp3) is 0. The summed E-state index contributed by atoms with van der Waals surface area (Å²) in [6.07, 6.45) is 1.19. The van der Waals surface area contributed by atoms with Gasteiger partial charge in [-0.3, -0.25) is 14.9 Å². The number of benzene rings is 2. The van der Waals surface area contributed by atoms with Crippen LogP contribution in [0.15, 0.2) is 64.1 Å². The van der Waals surface area contributed by atoms with Crippen molar-refractivity contribution in [1.82, 2.24) is 5.43 Å². The van der Waals surface area contributed by atoms with E-state index >= 15 is 0 Å². The highest BCUT2D eigenvalue weighted by atomic mass is 19.1. The molecule has 0 atom stereocenters. The van der Waals surface area contributed by atoms with Crippen molar-refractivity contribution in [2.45, 2.75) is 0 Å². The van der Waals surface area contributed by atoms with Gasteiger partial charge in [-0.1, -0.05) is 12.1 Å². The van der Waals surface area contributed by atoms with Crippen molar-refractivity contribution in [3.8, 4) is 17.1 Å². The van der Waals surface area contributed by atoms with Crippen LogP contribution in [0, 0.1) is 15.9 Å². The zero-order chi connectivity index (χ0) is 19.4. The van der Waals surface area contributed by atoms with Crippen LogP contribution in [-0.4, -0.2) is 22.2 Å². The second kappa shape index (κ2) is 7.48. The highest BCUT2D eigenvalue weighted by Crippen LogP contribution is 2.31. The van der Waals surface area contributed by atoms with Crippen LogP contribution in [0.25, 0.3) is 11.3 Å². The van der Waals surface area contributed by atoms with Gasteiger partial charge in [-0.15, -0.1) is 0 Å². The summed E-state index contributed by atoms with van der Waals surface area (Å²) in [6, 6.07) is 12.0. The molecule has 136 valence electrons. The lowest BCUT2D eigenvalue weighted by Gasteiger charge is -2.01. The van der Waals surface area contributed by atoms with Gasteiger partial charge in [-0.25, -0.2) is 9.82 Å². The Morgan fingerprint density at radius 1 is 1.22 bits per heavy atom. The molecule has 9 heteroatoms. The normalized spacial score (nSPS) is 10.9. The number of phenols is 1. The number of phenolic OH excluding ortho intramolecular Hbond substituents is 1. The van der Waals surface area contributed by atoms with E-state index in [-0.39, 0.29) is 28.4 Å². The number of amides is 1. The predicted octanol–water partition coefficient (Wildman–Crippen LogP) is 3.46. The maximum atomic E-state index is 13.2. The summed E-state index contributed by atoms with van der Waals surface area (Å²) in [5.74, 6) is -1.18.